The van der Waals surface area contributed by atoms with Crippen molar-refractivity contribution in [2.24, 2.45) is 5.92 Å². The molecule has 6 heteroatoms. The minimum atomic E-state index is -1.15. The van der Waals surface area contributed by atoms with Gasteiger partial charge in [-0.2, -0.15) is 4.39 Å². The van der Waals surface area contributed by atoms with Crippen molar-refractivity contribution in [3.05, 3.63) is 33.9 Å². The number of anilines is 1. The summed E-state index contributed by atoms with van der Waals surface area (Å²) in [5.74, 6) is -1.22. The fourth-order valence-electron chi connectivity index (χ4n) is 2.72. The molecule has 0 radical (unpaired) electrons. The van der Waals surface area contributed by atoms with Gasteiger partial charge >= 0.3 is 5.69 Å². The topological polar surface area (TPSA) is 55.2 Å². The van der Waals surface area contributed by atoms with Crippen LogP contribution in [0.2, 0.25) is 0 Å². The van der Waals surface area contributed by atoms with Crippen LogP contribution in [0, 0.1) is 27.7 Å². The number of nitrogens with zero attached hydrogens (tertiary/aromatic N) is 1. The summed E-state index contributed by atoms with van der Waals surface area (Å²) in [6, 6.07) is 1.60. The van der Waals surface area contributed by atoms with Crippen molar-refractivity contribution in [3.8, 4) is 0 Å². The Morgan fingerprint density at radius 1 is 1.25 bits per heavy atom. The maximum atomic E-state index is 13.7. The molecule has 1 aliphatic rings. The predicted molar refractivity (Wildman–Crippen MR) is 72.7 cm³/mol. The highest BCUT2D eigenvalue weighted by atomic mass is 19.1. The number of hydrogen-bond donors (Lipinski definition) is 1. The van der Waals surface area contributed by atoms with Gasteiger partial charge in [0, 0.05) is 18.2 Å². The average Bonchev–Trinajstić information content (AvgIpc) is 2.42. The fraction of sp³-hybridized carbons (Fsp3) is 0.571. The monoisotopic (exact) mass is 284 g/mol. The molecule has 0 saturated heterocycles. The van der Waals surface area contributed by atoms with Gasteiger partial charge in [-0.05, 0) is 31.6 Å². The first-order chi connectivity index (χ1) is 9.51. The van der Waals surface area contributed by atoms with Gasteiger partial charge in [-0.25, -0.2) is 4.39 Å². The summed E-state index contributed by atoms with van der Waals surface area (Å²) >= 11 is 0. The van der Waals surface area contributed by atoms with Gasteiger partial charge in [0.2, 0.25) is 5.82 Å². The van der Waals surface area contributed by atoms with Gasteiger partial charge in [-0.15, -0.1) is 0 Å². The van der Waals surface area contributed by atoms with Crippen molar-refractivity contribution < 1.29 is 13.7 Å². The van der Waals surface area contributed by atoms with Crippen LogP contribution in [0.4, 0.5) is 20.2 Å². The van der Waals surface area contributed by atoms with Crippen LogP contribution in [0.15, 0.2) is 12.1 Å². The number of nitrogens with one attached hydrogen (secondary N) is 1. The maximum absolute atomic E-state index is 13.7. The summed E-state index contributed by atoms with van der Waals surface area (Å²) in [4.78, 5) is 9.84. The van der Waals surface area contributed by atoms with E-state index in [0.717, 1.165) is 38.2 Å². The SMILES string of the molecule is CCC1CCC(Nc2cc([N+](=O)[O-])c(F)cc2F)CC1. The van der Waals surface area contributed by atoms with Crippen LogP contribution in [0.1, 0.15) is 39.0 Å². The van der Waals surface area contributed by atoms with Gasteiger partial charge in [0.25, 0.3) is 0 Å². The first-order valence-corrected chi connectivity index (χ1v) is 6.91. The lowest BCUT2D eigenvalue weighted by Gasteiger charge is -2.29. The molecule has 1 aromatic carbocycles. The number of hydrogen-bond acceptors (Lipinski definition) is 3. The Balaban J connectivity index is 2.10. The molecule has 110 valence electrons. The summed E-state index contributed by atoms with van der Waals surface area (Å²) in [6.07, 6.45) is 5.09. The molecule has 4 nitrogen and oxygen atoms in total. The van der Waals surface area contributed by atoms with Crippen molar-refractivity contribution in [2.45, 2.75) is 45.1 Å². The zero-order valence-electron chi connectivity index (χ0n) is 11.4. The smallest absolute Gasteiger partial charge is 0.307 e. The van der Waals surface area contributed by atoms with E-state index in [0.29, 0.717) is 12.0 Å². The first kappa shape index (κ1) is 14.7. The van der Waals surface area contributed by atoms with Crippen LogP contribution in [0.3, 0.4) is 0 Å². The minimum Gasteiger partial charge on any atom is -0.380 e. The lowest BCUT2D eigenvalue weighted by molar-refractivity contribution is -0.387. The molecule has 0 heterocycles. The van der Waals surface area contributed by atoms with E-state index >= 15 is 0 Å². The van der Waals surface area contributed by atoms with Crippen molar-refractivity contribution >= 4 is 11.4 Å². The highest BCUT2D eigenvalue weighted by Gasteiger charge is 2.23. The standard InChI is InChI=1S/C14H18F2N2O2/c1-2-9-3-5-10(6-4-9)17-13-8-14(18(19)20)12(16)7-11(13)15/h7-10,17H,2-6H2,1H3. The Hall–Kier alpha value is -1.72. The lowest BCUT2D eigenvalue weighted by atomic mass is 9.84. The summed E-state index contributed by atoms with van der Waals surface area (Å²) < 4.78 is 26.9. The Morgan fingerprint density at radius 2 is 1.90 bits per heavy atom. The van der Waals surface area contributed by atoms with Crippen LogP contribution in [-0.4, -0.2) is 11.0 Å². The molecule has 0 bridgehead atoms. The molecule has 1 N–H and O–H groups in total. The molecule has 0 aliphatic heterocycles. The van der Waals surface area contributed by atoms with E-state index in [1.54, 1.807) is 0 Å². The average molecular weight is 284 g/mol. The third-order valence-corrected chi connectivity index (χ3v) is 4.02. The Labute approximate surface area is 116 Å². The second-order valence-corrected chi connectivity index (χ2v) is 5.31. The van der Waals surface area contributed by atoms with Gasteiger partial charge in [-0.1, -0.05) is 13.3 Å². The van der Waals surface area contributed by atoms with Crippen LogP contribution in [0.5, 0.6) is 0 Å². The number of nitro groups is 1. The second kappa shape index (κ2) is 6.15. The summed E-state index contributed by atoms with van der Waals surface area (Å²) in [5, 5.41) is 13.6. The fourth-order valence-corrected chi connectivity index (χ4v) is 2.72. The van der Waals surface area contributed by atoms with E-state index in [1.807, 2.05) is 0 Å². The van der Waals surface area contributed by atoms with Gasteiger partial charge in [0.1, 0.15) is 5.82 Å². The van der Waals surface area contributed by atoms with E-state index in [9.17, 15) is 18.9 Å². The number of benzene rings is 1. The highest BCUT2D eigenvalue weighted by molar-refractivity contribution is 5.53. The zero-order valence-corrected chi connectivity index (χ0v) is 11.4. The summed E-state index contributed by atoms with van der Waals surface area (Å²) in [5.41, 5.74) is -0.686. The zero-order chi connectivity index (χ0) is 14.7. The Bertz CT molecular complexity index is 500. The molecule has 0 unspecified atom stereocenters. The number of halogens is 2. The van der Waals surface area contributed by atoms with Crippen LogP contribution < -0.4 is 5.32 Å². The highest BCUT2D eigenvalue weighted by Crippen LogP contribution is 2.31. The normalized spacial score (nSPS) is 22.6. The Morgan fingerprint density at radius 3 is 2.45 bits per heavy atom. The van der Waals surface area contributed by atoms with Crippen molar-refractivity contribution in [1.29, 1.82) is 0 Å². The lowest BCUT2D eigenvalue weighted by Crippen LogP contribution is -2.26. The molecule has 0 spiro atoms. The van der Waals surface area contributed by atoms with Gasteiger partial charge in [0.05, 0.1) is 10.6 Å². The summed E-state index contributed by atoms with van der Waals surface area (Å²) in [7, 11) is 0. The largest absolute Gasteiger partial charge is 0.380 e. The molecule has 1 aliphatic carbocycles. The molecule has 2 rings (SSSR count). The molecule has 0 atom stereocenters. The van der Waals surface area contributed by atoms with Gasteiger partial charge < -0.3 is 5.32 Å². The van der Waals surface area contributed by atoms with Crippen LogP contribution in [0.25, 0.3) is 0 Å². The third-order valence-electron chi connectivity index (χ3n) is 4.02. The van der Waals surface area contributed by atoms with Gasteiger partial charge in [0.15, 0.2) is 0 Å². The van der Waals surface area contributed by atoms with E-state index in [1.165, 1.54) is 0 Å². The van der Waals surface area contributed by atoms with Crippen LogP contribution in [-0.2, 0) is 0 Å². The molecular weight excluding hydrogens is 266 g/mol. The van der Waals surface area contributed by atoms with E-state index in [-0.39, 0.29) is 11.7 Å². The Kier molecular flexibility index (Phi) is 4.52. The van der Waals surface area contributed by atoms with E-state index < -0.39 is 22.2 Å². The number of nitro benzene ring substituents is 1. The van der Waals surface area contributed by atoms with E-state index in [2.05, 4.69) is 12.2 Å². The molecule has 1 fully saturated rings. The van der Waals surface area contributed by atoms with Crippen molar-refractivity contribution in [2.75, 3.05) is 5.32 Å². The predicted octanol–water partition coefficient (Wildman–Crippen LogP) is 4.25. The maximum Gasteiger partial charge on any atom is 0.307 e. The van der Waals surface area contributed by atoms with Crippen molar-refractivity contribution in [3.63, 3.8) is 0 Å². The minimum absolute atomic E-state index is 0.0121. The van der Waals surface area contributed by atoms with Gasteiger partial charge in [-0.3, -0.25) is 10.1 Å². The molecular formula is C14H18F2N2O2. The first-order valence-electron chi connectivity index (χ1n) is 6.91. The molecule has 1 aromatic rings. The second-order valence-electron chi connectivity index (χ2n) is 5.31. The molecule has 1 saturated carbocycles. The van der Waals surface area contributed by atoms with Crippen LogP contribution >= 0.6 is 0 Å². The van der Waals surface area contributed by atoms with E-state index in [4.69, 9.17) is 0 Å². The molecule has 0 aromatic heterocycles. The van der Waals surface area contributed by atoms with Crippen molar-refractivity contribution in [1.82, 2.24) is 0 Å². The third kappa shape index (κ3) is 3.23. The quantitative estimate of drug-likeness (QED) is 0.664. The summed E-state index contributed by atoms with van der Waals surface area (Å²) in [6.45, 7) is 2.15. The number of rotatable bonds is 4. The molecule has 0 amide bonds. The molecule has 20 heavy (non-hydrogen) atoms.